The second-order valence-electron chi connectivity index (χ2n) is 10.2. The highest BCUT2D eigenvalue weighted by atomic mass is 35.5. The lowest BCUT2D eigenvalue weighted by molar-refractivity contribution is -0.139. The number of carbonyl (C=O) groups is 1. The van der Waals surface area contributed by atoms with Gasteiger partial charge in [-0.1, -0.05) is 66.2 Å². The molecule has 0 radical (unpaired) electrons. The van der Waals surface area contributed by atoms with Crippen LogP contribution in [0.1, 0.15) is 43.9 Å². The van der Waals surface area contributed by atoms with Crippen molar-refractivity contribution >= 4 is 58.1 Å². The Labute approximate surface area is 262 Å². The quantitative estimate of drug-likeness (QED) is 0.218. The highest BCUT2D eigenvalue weighted by Crippen LogP contribution is 2.47. The first-order valence-electron chi connectivity index (χ1n) is 14.0. The van der Waals surface area contributed by atoms with E-state index in [1.54, 1.807) is 48.6 Å². The average Bonchev–Trinajstić information content (AvgIpc) is 3.30. The van der Waals surface area contributed by atoms with Crippen LogP contribution in [0.4, 0.5) is 11.4 Å². The lowest BCUT2D eigenvalue weighted by Gasteiger charge is -2.29. The number of nitrogens with zero attached hydrogens (tertiary/aromatic N) is 3. The van der Waals surface area contributed by atoms with E-state index >= 15 is 0 Å². The molecule has 2 aliphatic heterocycles. The van der Waals surface area contributed by atoms with E-state index in [1.165, 1.54) is 16.2 Å². The number of benzene rings is 3. The van der Waals surface area contributed by atoms with Gasteiger partial charge in [-0.2, -0.15) is 0 Å². The number of fused-ring (bicyclic) bond motifs is 3. The van der Waals surface area contributed by atoms with Crippen LogP contribution in [0.2, 0.25) is 5.02 Å². The number of thiazole rings is 1. The van der Waals surface area contributed by atoms with Crippen molar-refractivity contribution in [3.05, 3.63) is 108 Å². The number of para-hydroxylation sites is 1. The Hall–Kier alpha value is -3.79. The van der Waals surface area contributed by atoms with Crippen molar-refractivity contribution in [2.45, 2.75) is 42.5 Å². The first-order valence-corrected chi connectivity index (χ1v) is 16.1. The molecule has 0 saturated heterocycles. The lowest BCUT2D eigenvalue weighted by atomic mass is 9.93. The number of rotatable bonds is 7. The van der Waals surface area contributed by atoms with Crippen molar-refractivity contribution in [2.24, 2.45) is 4.99 Å². The number of methoxy groups -OCH3 is 1. The van der Waals surface area contributed by atoms with Crippen molar-refractivity contribution in [1.82, 2.24) is 4.57 Å². The maximum absolute atomic E-state index is 14.2. The number of esters is 1. The van der Waals surface area contributed by atoms with E-state index in [4.69, 9.17) is 26.1 Å². The van der Waals surface area contributed by atoms with Gasteiger partial charge in [0.25, 0.3) is 5.56 Å². The number of ether oxygens (including phenoxy) is 2. The van der Waals surface area contributed by atoms with Crippen LogP contribution in [0.3, 0.4) is 0 Å². The number of halogens is 1. The highest BCUT2D eigenvalue weighted by molar-refractivity contribution is 7.99. The molecular weight excluding hydrogens is 602 g/mol. The molecule has 43 heavy (non-hydrogen) atoms. The summed E-state index contributed by atoms with van der Waals surface area (Å²) in [5, 5.41) is 0.466. The summed E-state index contributed by atoms with van der Waals surface area (Å²) >= 11 is 9.47. The molecule has 0 bridgehead atoms. The van der Waals surface area contributed by atoms with Gasteiger partial charge >= 0.3 is 5.97 Å². The van der Waals surface area contributed by atoms with E-state index in [2.05, 4.69) is 36.2 Å². The molecular formula is C33H30ClN3O4S2. The SMILES string of the molecule is CCCC1=C(C(=O)OCC)[C@H](c2cc(Cl)ccc2OC)n2c(s/c(=C\c3ccc4c(c3)Sc3ccccc3N4C)c2=O)=N1. The van der Waals surface area contributed by atoms with Crippen LogP contribution in [-0.2, 0) is 9.53 Å². The standard InChI is InChI=1S/C33H30ClN3O4S2/c1-5-9-22-29(32(39)41-6-2)30(21-18-20(34)13-15-25(21)40-4)37-31(38)28(43-33(37)35-22)17-19-12-14-24-27(16-19)42-26-11-8-7-10-23(26)36(24)3/h7-8,10-18,30H,5-6,9H2,1-4H3/b28-17-/t30-/m0/s1. The number of hydrogen-bond donors (Lipinski definition) is 0. The van der Waals surface area contributed by atoms with Gasteiger partial charge < -0.3 is 14.4 Å². The second kappa shape index (κ2) is 12.1. The smallest absolute Gasteiger partial charge is 0.338 e. The number of allylic oxidation sites excluding steroid dienone is 1. The van der Waals surface area contributed by atoms with Gasteiger partial charge in [0.1, 0.15) is 11.8 Å². The molecule has 0 aliphatic carbocycles. The monoisotopic (exact) mass is 631 g/mol. The maximum Gasteiger partial charge on any atom is 0.338 e. The topological polar surface area (TPSA) is 73.1 Å². The van der Waals surface area contributed by atoms with Crippen molar-refractivity contribution in [3.8, 4) is 5.75 Å². The zero-order valence-electron chi connectivity index (χ0n) is 24.2. The molecule has 3 aromatic carbocycles. The number of aromatic nitrogens is 1. The molecule has 7 nitrogen and oxygen atoms in total. The molecule has 3 heterocycles. The zero-order chi connectivity index (χ0) is 30.2. The molecule has 220 valence electrons. The third-order valence-electron chi connectivity index (χ3n) is 7.47. The van der Waals surface area contributed by atoms with Gasteiger partial charge in [-0.05, 0) is 67.4 Å². The van der Waals surface area contributed by atoms with Gasteiger partial charge in [0.15, 0.2) is 4.80 Å². The summed E-state index contributed by atoms with van der Waals surface area (Å²) < 4.78 is 13.3. The van der Waals surface area contributed by atoms with Crippen LogP contribution in [0.5, 0.6) is 5.75 Å². The minimum atomic E-state index is -0.808. The van der Waals surface area contributed by atoms with E-state index in [1.807, 2.05) is 31.2 Å². The Morgan fingerprint density at radius 2 is 1.86 bits per heavy atom. The number of anilines is 2. The normalized spacial score (nSPS) is 15.9. The fourth-order valence-corrected chi connectivity index (χ4v) is 7.93. The van der Waals surface area contributed by atoms with E-state index in [-0.39, 0.29) is 12.2 Å². The summed E-state index contributed by atoms with van der Waals surface area (Å²) in [4.78, 5) is 37.5. The fraction of sp³-hybridized carbons (Fsp3) is 0.242. The molecule has 0 saturated carbocycles. The molecule has 2 aliphatic rings. The summed E-state index contributed by atoms with van der Waals surface area (Å²) in [5.41, 5.74) is 4.46. The van der Waals surface area contributed by atoms with Crippen LogP contribution >= 0.6 is 34.7 Å². The van der Waals surface area contributed by atoms with Crippen molar-refractivity contribution in [3.63, 3.8) is 0 Å². The van der Waals surface area contributed by atoms with Crippen molar-refractivity contribution in [1.29, 1.82) is 0 Å². The molecule has 1 aromatic heterocycles. The van der Waals surface area contributed by atoms with Crippen LogP contribution in [-0.4, -0.2) is 31.3 Å². The first-order chi connectivity index (χ1) is 20.8. The molecule has 0 N–H and O–H groups in total. The summed E-state index contributed by atoms with van der Waals surface area (Å²) in [5.74, 6) is 0.00626. The lowest BCUT2D eigenvalue weighted by Crippen LogP contribution is -2.40. The molecule has 10 heteroatoms. The van der Waals surface area contributed by atoms with E-state index in [9.17, 15) is 9.59 Å². The van der Waals surface area contributed by atoms with E-state index in [0.29, 0.717) is 43.4 Å². The fourth-order valence-electron chi connectivity index (χ4n) is 5.53. The Morgan fingerprint density at radius 3 is 2.63 bits per heavy atom. The molecule has 0 spiro atoms. The molecule has 0 amide bonds. The summed E-state index contributed by atoms with van der Waals surface area (Å²) in [6.07, 6.45) is 3.21. The Bertz CT molecular complexity index is 1960. The third kappa shape index (κ3) is 5.30. The van der Waals surface area contributed by atoms with Crippen LogP contribution in [0.25, 0.3) is 6.08 Å². The van der Waals surface area contributed by atoms with Crippen LogP contribution < -0.4 is 24.5 Å². The van der Waals surface area contributed by atoms with Crippen LogP contribution in [0, 0.1) is 0 Å². The molecule has 0 fully saturated rings. The first kappa shape index (κ1) is 29.3. The predicted molar refractivity (Wildman–Crippen MR) is 173 cm³/mol. The maximum atomic E-state index is 14.2. The minimum Gasteiger partial charge on any atom is -0.496 e. The zero-order valence-corrected chi connectivity index (χ0v) is 26.6. The molecule has 6 rings (SSSR count). The van der Waals surface area contributed by atoms with Gasteiger partial charge in [-0.15, -0.1) is 0 Å². The molecule has 4 aromatic rings. The summed E-state index contributed by atoms with van der Waals surface area (Å²) in [6, 6.07) is 18.9. The Balaban J connectivity index is 1.53. The van der Waals surface area contributed by atoms with Gasteiger partial charge in [0.05, 0.1) is 40.9 Å². The Morgan fingerprint density at radius 1 is 1.07 bits per heavy atom. The number of hydrogen-bond acceptors (Lipinski definition) is 8. The summed E-state index contributed by atoms with van der Waals surface area (Å²) in [7, 11) is 3.62. The van der Waals surface area contributed by atoms with Gasteiger partial charge in [0, 0.05) is 27.4 Å². The Kier molecular flexibility index (Phi) is 8.22. The largest absolute Gasteiger partial charge is 0.496 e. The predicted octanol–water partition coefficient (Wildman–Crippen LogP) is 6.47. The minimum absolute atomic E-state index is 0.196. The van der Waals surface area contributed by atoms with Gasteiger partial charge in [-0.25, -0.2) is 9.79 Å². The number of carbonyl (C=O) groups excluding carboxylic acids is 1. The van der Waals surface area contributed by atoms with E-state index in [0.717, 1.165) is 28.3 Å². The second-order valence-corrected chi connectivity index (χ2v) is 12.7. The van der Waals surface area contributed by atoms with Gasteiger partial charge in [-0.3, -0.25) is 9.36 Å². The van der Waals surface area contributed by atoms with Crippen LogP contribution in [0.15, 0.2) is 91.5 Å². The van der Waals surface area contributed by atoms with Crippen molar-refractivity contribution < 1.29 is 14.3 Å². The summed E-state index contributed by atoms with van der Waals surface area (Å²) in [6.45, 7) is 3.98. The highest BCUT2D eigenvalue weighted by Gasteiger charge is 2.36. The van der Waals surface area contributed by atoms with E-state index < -0.39 is 12.0 Å². The average molecular weight is 632 g/mol. The third-order valence-corrected chi connectivity index (χ3v) is 9.80. The van der Waals surface area contributed by atoms with Gasteiger partial charge in [0.2, 0.25) is 0 Å². The molecule has 1 atom stereocenters. The molecule has 0 unspecified atom stereocenters. The van der Waals surface area contributed by atoms with Crippen molar-refractivity contribution in [2.75, 3.05) is 25.7 Å².